The summed E-state index contributed by atoms with van der Waals surface area (Å²) in [6.07, 6.45) is 8.11. The molecule has 142 valence electrons. The molecular weight excluding hydrogens is 362 g/mol. The Bertz CT molecular complexity index is 988. The number of aromatic hydroxyl groups is 1. The van der Waals surface area contributed by atoms with Crippen LogP contribution in [0.25, 0.3) is 11.1 Å². The van der Waals surface area contributed by atoms with Crippen LogP contribution in [0.15, 0.2) is 40.7 Å². The zero-order chi connectivity index (χ0) is 20.1. The number of nitrogens with one attached hydrogen (secondary N) is 1. The van der Waals surface area contributed by atoms with E-state index in [-0.39, 0.29) is 16.9 Å². The van der Waals surface area contributed by atoms with Crippen molar-refractivity contribution in [2.45, 2.75) is 33.6 Å². The molecule has 0 aliphatic rings. The molecule has 0 saturated heterocycles. The Morgan fingerprint density at radius 2 is 2.04 bits per heavy atom. The molecule has 5 nitrogen and oxygen atoms in total. The third-order valence-corrected chi connectivity index (χ3v) is 4.81. The number of hydrogen-bond acceptors (Lipinski definition) is 4. The Morgan fingerprint density at radius 3 is 2.67 bits per heavy atom. The third-order valence-electron chi connectivity index (χ3n) is 4.45. The van der Waals surface area contributed by atoms with Crippen molar-refractivity contribution >= 4 is 17.8 Å². The Morgan fingerprint density at radius 1 is 1.33 bits per heavy atom. The number of hydrogen-bond donors (Lipinski definition) is 2. The Kier molecular flexibility index (Phi) is 6.75. The average molecular weight is 386 g/mol. The van der Waals surface area contributed by atoms with Crippen LogP contribution in [-0.4, -0.2) is 21.1 Å². The number of rotatable bonds is 6. The number of nitrogens with zero attached hydrogens (tertiary/aromatic N) is 2. The summed E-state index contributed by atoms with van der Waals surface area (Å²) in [5, 5.41) is 22.7. The van der Waals surface area contributed by atoms with Crippen LogP contribution in [-0.2, 0) is 13.5 Å². The molecule has 0 radical (unpaired) electrons. The van der Waals surface area contributed by atoms with Crippen LogP contribution in [0.1, 0.15) is 30.2 Å². The van der Waals surface area contributed by atoms with Crippen molar-refractivity contribution in [1.29, 1.82) is 5.41 Å². The molecule has 0 saturated carbocycles. The van der Waals surface area contributed by atoms with Gasteiger partial charge in [0.2, 0.25) is 0 Å². The van der Waals surface area contributed by atoms with E-state index in [2.05, 4.69) is 5.10 Å². The van der Waals surface area contributed by atoms with Gasteiger partial charge in [0.15, 0.2) is 5.75 Å². The van der Waals surface area contributed by atoms with Gasteiger partial charge in [-0.05, 0) is 61.9 Å². The highest BCUT2D eigenvalue weighted by atomic mass is 35.5. The second-order valence-corrected chi connectivity index (χ2v) is 6.77. The van der Waals surface area contributed by atoms with Crippen molar-refractivity contribution in [2.24, 2.45) is 7.05 Å². The Balaban J connectivity index is 2.65. The number of aryl methyl sites for hydroxylation is 3. The van der Waals surface area contributed by atoms with Crippen LogP contribution in [0.3, 0.4) is 0 Å². The number of aromatic nitrogens is 2. The van der Waals surface area contributed by atoms with E-state index in [0.29, 0.717) is 29.1 Å². The topological polar surface area (TPSA) is 79.0 Å². The van der Waals surface area contributed by atoms with Crippen molar-refractivity contribution in [3.05, 3.63) is 68.1 Å². The molecule has 2 aromatic rings. The molecular formula is C21H24ClN3O2. The Hall–Kier alpha value is -2.66. The van der Waals surface area contributed by atoms with Gasteiger partial charge in [-0.2, -0.15) is 5.10 Å². The molecule has 0 aliphatic heterocycles. The van der Waals surface area contributed by atoms with Crippen LogP contribution in [0.4, 0.5) is 0 Å². The summed E-state index contributed by atoms with van der Waals surface area (Å²) < 4.78 is 1.23. The highest BCUT2D eigenvalue weighted by Gasteiger charge is 2.21. The van der Waals surface area contributed by atoms with Crippen LogP contribution in [0.5, 0.6) is 5.75 Å². The zero-order valence-electron chi connectivity index (χ0n) is 16.0. The van der Waals surface area contributed by atoms with E-state index in [4.69, 9.17) is 17.0 Å². The predicted octanol–water partition coefficient (Wildman–Crippen LogP) is 4.51. The largest absolute Gasteiger partial charge is 0.505 e. The molecule has 2 rings (SSSR count). The van der Waals surface area contributed by atoms with Crippen molar-refractivity contribution < 1.29 is 5.11 Å². The molecule has 0 unspecified atom stereocenters. The van der Waals surface area contributed by atoms with Crippen LogP contribution in [0, 0.1) is 19.3 Å². The fraction of sp³-hybridized carbons (Fsp3) is 0.286. The highest BCUT2D eigenvalue weighted by molar-refractivity contribution is 6.31. The zero-order valence-corrected chi connectivity index (χ0v) is 16.8. The highest BCUT2D eigenvalue weighted by Crippen LogP contribution is 2.37. The maximum atomic E-state index is 12.7. The minimum Gasteiger partial charge on any atom is -0.505 e. The van der Waals surface area contributed by atoms with E-state index in [9.17, 15) is 9.90 Å². The minimum atomic E-state index is -0.374. The van der Waals surface area contributed by atoms with Gasteiger partial charge in [-0.15, -0.1) is 0 Å². The predicted molar refractivity (Wildman–Crippen MR) is 111 cm³/mol. The summed E-state index contributed by atoms with van der Waals surface area (Å²) in [5.74, 6) is -0.124. The first-order valence-corrected chi connectivity index (χ1v) is 9.07. The van der Waals surface area contributed by atoms with E-state index < -0.39 is 0 Å². The smallest absolute Gasteiger partial charge is 0.278 e. The summed E-state index contributed by atoms with van der Waals surface area (Å²) in [7, 11) is 1.56. The molecule has 0 atom stereocenters. The lowest BCUT2D eigenvalue weighted by atomic mass is 9.91. The van der Waals surface area contributed by atoms with E-state index >= 15 is 0 Å². The third kappa shape index (κ3) is 4.37. The number of allylic oxidation sites excluding steroid dienone is 4. The summed E-state index contributed by atoms with van der Waals surface area (Å²) in [4.78, 5) is 12.7. The monoisotopic (exact) mass is 385 g/mol. The van der Waals surface area contributed by atoms with E-state index in [1.807, 2.05) is 38.1 Å². The van der Waals surface area contributed by atoms with Gasteiger partial charge >= 0.3 is 0 Å². The van der Waals surface area contributed by atoms with Crippen LogP contribution >= 0.6 is 11.6 Å². The molecule has 1 aromatic heterocycles. The SMILES string of the molecule is C/C=C\C=C(/C=N)CCc1c(Cl)ccc(C)c1-c1c(O)c(C)nn(C)c1=O. The van der Waals surface area contributed by atoms with Gasteiger partial charge in [0.05, 0.1) is 5.56 Å². The molecule has 0 spiro atoms. The number of benzene rings is 1. The summed E-state index contributed by atoms with van der Waals surface area (Å²) >= 11 is 6.47. The van der Waals surface area contributed by atoms with Gasteiger partial charge in [0.25, 0.3) is 5.56 Å². The fourth-order valence-electron chi connectivity index (χ4n) is 3.01. The standard InChI is InChI=1S/C21H24ClN3O2/c1-5-6-7-15(12-23)9-10-16-17(22)11-8-13(2)18(16)19-20(26)14(3)24-25(4)21(19)27/h5-8,11-12,23,26H,9-10H2,1-4H3/b6-5-,15-7-,23-12?. The van der Waals surface area contributed by atoms with Crippen molar-refractivity contribution in [3.63, 3.8) is 0 Å². The van der Waals surface area contributed by atoms with Gasteiger partial charge in [0, 0.05) is 18.3 Å². The molecule has 6 heteroatoms. The first kappa shape index (κ1) is 20.6. The van der Waals surface area contributed by atoms with Gasteiger partial charge in [0.1, 0.15) is 5.69 Å². The van der Waals surface area contributed by atoms with Crippen molar-refractivity contribution in [2.75, 3.05) is 0 Å². The normalized spacial score (nSPS) is 12.0. The van der Waals surface area contributed by atoms with Gasteiger partial charge in [-0.1, -0.05) is 35.9 Å². The van der Waals surface area contributed by atoms with E-state index in [1.54, 1.807) is 20.0 Å². The van der Waals surface area contributed by atoms with Crippen molar-refractivity contribution in [1.82, 2.24) is 9.78 Å². The molecule has 0 aliphatic carbocycles. The molecule has 2 N–H and O–H groups in total. The van der Waals surface area contributed by atoms with Gasteiger partial charge in [-0.25, -0.2) is 4.68 Å². The fourth-order valence-corrected chi connectivity index (χ4v) is 3.26. The molecule has 27 heavy (non-hydrogen) atoms. The Labute approximate surface area is 164 Å². The molecule has 0 amide bonds. The van der Waals surface area contributed by atoms with E-state index in [1.165, 1.54) is 10.9 Å². The molecule has 0 fully saturated rings. The average Bonchev–Trinajstić information content (AvgIpc) is 2.64. The molecule has 1 aromatic carbocycles. The summed E-state index contributed by atoms with van der Waals surface area (Å²) in [6.45, 7) is 5.46. The lowest BCUT2D eigenvalue weighted by Gasteiger charge is -2.17. The van der Waals surface area contributed by atoms with Crippen molar-refractivity contribution in [3.8, 4) is 16.9 Å². The van der Waals surface area contributed by atoms with Gasteiger partial charge < -0.3 is 10.5 Å². The first-order valence-electron chi connectivity index (χ1n) is 8.69. The maximum Gasteiger partial charge on any atom is 0.278 e. The first-order chi connectivity index (χ1) is 12.8. The van der Waals surface area contributed by atoms with Crippen LogP contribution < -0.4 is 5.56 Å². The quantitative estimate of drug-likeness (QED) is 0.567. The molecule has 0 bridgehead atoms. The second kappa shape index (κ2) is 8.82. The van der Waals surface area contributed by atoms with Gasteiger partial charge in [-0.3, -0.25) is 4.79 Å². The maximum absolute atomic E-state index is 12.7. The lowest BCUT2D eigenvalue weighted by molar-refractivity contribution is 0.460. The van der Waals surface area contributed by atoms with Crippen LogP contribution in [0.2, 0.25) is 5.02 Å². The second-order valence-electron chi connectivity index (χ2n) is 6.37. The summed E-state index contributed by atoms with van der Waals surface area (Å²) in [5.41, 5.74) is 3.34. The number of halogens is 1. The molecule has 1 heterocycles. The van der Waals surface area contributed by atoms with E-state index in [0.717, 1.165) is 16.7 Å². The summed E-state index contributed by atoms with van der Waals surface area (Å²) in [6, 6.07) is 3.63. The lowest BCUT2D eigenvalue weighted by Crippen LogP contribution is -2.23. The minimum absolute atomic E-state index is 0.124.